The number of aromatic nitrogens is 4. The van der Waals surface area contributed by atoms with Crippen molar-refractivity contribution in [1.82, 2.24) is 19.6 Å². The highest BCUT2D eigenvalue weighted by Gasteiger charge is 2.16. The minimum atomic E-state index is -1.02. The van der Waals surface area contributed by atoms with E-state index in [0.717, 1.165) is 17.0 Å². The Bertz CT molecular complexity index is 728. The molecule has 2 N–H and O–H groups in total. The Morgan fingerprint density at radius 3 is 3.00 bits per heavy atom. The van der Waals surface area contributed by atoms with Gasteiger partial charge in [0.15, 0.2) is 5.65 Å². The van der Waals surface area contributed by atoms with E-state index in [1.165, 1.54) is 6.20 Å². The summed E-state index contributed by atoms with van der Waals surface area (Å²) in [7, 11) is 0. The van der Waals surface area contributed by atoms with Gasteiger partial charge in [0.2, 0.25) is 0 Å². The van der Waals surface area contributed by atoms with Gasteiger partial charge in [-0.05, 0) is 19.1 Å². The number of aromatic carboxylic acids is 1. The average molecular weight is 242 g/mol. The molecule has 0 saturated carbocycles. The van der Waals surface area contributed by atoms with Crippen LogP contribution in [0.3, 0.4) is 0 Å². The molecular formula is C12H10N4O2. The number of carbonyl (C=O) groups is 1. The minimum absolute atomic E-state index is 0.107. The number of nitrogens with one attached hydrogen (secondary N) is 1. The number of H-pyrrole nitrogens is 1. The predicted octanol–water partition coefficient (Wildman–Crippen LogP) is 1.73. The Hall–Kier alpha value is -2.63. The zero-order valence-electron chi connectivity index (χ0n) is 9.58. The number of aromatic amines is 1. The van der Waals surface area contributed by atoms with Gasteiger partial charge in [0.25, 0.3) is 0 Å². The number of carboxylic acid groups (broad SMARTS) is 1. The maximum atomic E-state index is 11.1. The van der Waals surface area contributed by atoms with E-state index >= 15 is 0 Å². The second-order valence-corrected chi connectivity index (χ2v) is 3.98. The van der Waals surface area contributed by atoms with Crippen LogP contribution < -0.4 is 0 Å². The lowest BCUT2D eigenvalue weighted by Crippen LogP contribution is -2.01. The summed E-state index contributed by atoms with van der Waals surface area (Å²) in [6.07, 6.45) is 4.95. The Balaban J connectivity index is 2.36. The van der Waals surface area contributed by atoms with Crippen molar-refractivity contribution >= 4 is 11.6 Å². The van der Waals surface area contributed by atoms with Crippen LogP contribution in [0.5, 0.6) is 0 Å². The molecule has 0 unspecified atom stereocenters. The van der Waals surface area contributed by atoms with Crippen LogP contribution >= 0.6 is 0 Å². The largest absolute Gasteiger partial charge is 0.477 e. The van der Waals surface area contributed by atoms with E-state index in [9.17, 15) is 4.79 Å². The SMILES string of the molecule is Cc1cc(-c2cc[nH]c2)n2ncc(C(=O)O)c2n1. The number of nitrogens with zero attached hydrogens (tertiary/aromatic N) is 3. The van der Waals surface area contributed by atoms with Gasteiger partial charge in [-0.2, -0.15) is 5.10 Å². The number of rotatable bonds is 2. The highest BCUT2D eigenvalue weighted by molar-refractivity contribution is 5.94. The van der Waals surface area contributed by atoms with E-state index in [0.29, 0.717) is 5.65 Å². The molecule has 0 radical (unpaired) electrons. The Morgan fingerprint density at radius 2 is 2.33 bits per heavy atom. The molecule has 0 aliphatic rings. The van der Waals surface area contributed by atoms with Crippen molar-refractivity contribution in [2.24, 2.45) is 0 Å². The first-order valence-electron chi connectivity index (χ1n) is 5.38. The van der Waals surface area contributed by atoms with Crippen molar-refractivity contribution in [2.45, 2.75) is 6.92 Å². The minimum Gasteiger partial charge on any atom is -0.477 e. The van der Waals surface area contributed by atoms with Crippen LogP contribution in [0.25, 0.3) is 16.9 Å². The van der Waals surface area contributed by atoms with Crippen LogP contribution in [0.2, 0.25) is 0 Å². The van der Waals surface area contributed by atoms with Gasteiger partial charge in [-0.1, -0.05) is 0 Å². The van der Waals surface area contributed by atoms with Gasteiger partial charge in [0.1, 0.15) is 5.56 Å². The van der Waals surface area contributed by atoms with Crippen molar-refractivity contribution in [3.05, 3.63) is 42.0 Å². The van der Waals surface area contributed by atoms with Crippen LogP contribution in [0, 0.1) is 6.92 Å². The zero-order chi connectivity index (χ0) is 12.7. The monoisotopic (exact) mass is 242 g/mol. The molecule has 6 nitrogen and oxygen atoms in total. The normalized spacial score (nSPS) is 10.9. The Kier molecular flexibility index (Phi) is 2.16. The number of fused-ring (bicyclic) bond motifs is 1. The summed E-state index contributed by atoms with van der Waals surface area (Å²) in [6, 6.07) is 3.77. The van der Waals surface area contributed by atoms with E-state index in [1.54, 1.807) is 10.7 Å². The second-order valence-electron chi connectivity index (χ2n) is 3.98. The number of hydrogen-bond donors (Lipinski definition) is 2. The first kappa shape index (κ1) is 10.5. The molecular weight excluding hydrogens is 232 g/mol. The highest BCUT2D eigenvalue weighted by atomic mass is 16.4. The summed E-state index contributed by atoms with van der Waals surface area (Å²) in [5.74, 6) is -1.02. The van der Waals surface area contributed by atoms with Crippen LogP contribution in [-0.4, -0.2) is 30.7 Å². The fourth-order valence-corrected chi connectivity index (χ4v) is 1.92. The van der Waals surface area contributed by atoms with Crippen LogP contribution in [0.4, 0.5) is 0 Å². The molecule has 0 atom stereocenters. The molecule has 3 rings (SSSR count). The first-order valence-corrected chi connectivity index (χ1v) is 5.38. The topological polar surface area (TPSA) is 83.3 Å². The molecule has 3 aromatic rings. The van der Waals surface area contributed by atoms with E-state index in [1.807, 2.05) is 25.3 Å². The molecule has 90 valence electrons. The van der Waals surface area contributed by atoms with Crippen molar-refractivity contribution in [1.29, 1.82) is 0 Å². The number of aryl methyl sites for hydroxylation is 1. The van der Waals surface area contributed by atoms with E-state index in [2.05, 4.69) is 15.1 Å². The lowest BCUT2D eigenvalue weighted by Gasteiger charge is -2.04. The van der Waals surface area contributed by atoms with Gasteiger partial charge in [-0.25, -0.2) is 14.3 Å². The lowest BCUT2D eigenvalue weighted by atomic mass is 10.2. The quantitative estimate of drug-likeness (QED) is 0.716. The lowest BCUT2D eigenvalue weighted by molar-refractivity contribution is 0.0699. The third-order valence-corrected chi connectivity index (χ3v) is 2.72. The van der Waals surface area contributed by atoms with Crippen molar-refractivity contribution in [3.8, 4) is 11.3 Å². The first-order chi connectivity index (χ1) is 8.66. The average Bonchev–Trinajstić information content (AvgIpc) is 2.96. The summed E-state index contributed by atoms with van der Waals surface area (Å²) >= 11 is 0. The third-order valence-electron chi connectivity index (χ3n) is 2.72. The maximum absolute atomic E-state index is 11.1. The predicted molar refractivity (Wildman–Crippen MR) is 64.5 cm³/mol. The van der Waals surface area contributed by atoms with Gasteiger partial charge in [-0.3, -0.25) is 0 Å². The van der Waals surface area contributed by atoms with Crippen molar-refractivity contribution < 1.29 is 9.90 Å². The molecule has 0 amide bonds. The van der Waals surface area contributed by atoms with E-state index < -0.39 is 5.97 Å². The summed E-state index contributed by atoms with van der Waals surface area (Å²) < 4.78 is 1.54. The molecule has 0 aromatic carbocycles. The molecule has 0 spiro atoms. The summed E-state index contributed by atoms with van der Waals surface area (Å²) in [5.41, 5.74) is 2.97. The zero-order valence-corrected chi connectivity index (χ0v) is 9.58. The van der Waals surface area contributed by atoms with Crippen molar-refractivity contribution in [3.63, 3.8) is 0 Å². The van der Waals surface area contributed by atoms with Crippen LogP contribution in [0.15, 0.2) is 30.7 Å². The molecule has 3 aromatic heterocycles. The number of carboxylic acids is 1. The fraction of sp³-hybridized carbons (Fsp3) is 0.0833. The van der Waals surface area contributed by atoms with Crippen LogP contribution in [-0.2, 0) is 0 Å². The number of hydrogen-bond acceptors (Lipinski definition) is 3. The molecule has 6 heteroatoms. The molecule has 0 aliphatic carbocycles. The molecule has 0 bridgehead atoms. The summed E-state index contributed by atoms with van der Waals surface area (Å²) in [6.45, 7) is 1.83. The van der Waals surface area contributed by atoms with Crippen molar-refractivity contribution in [2.75, 3.05) is 0 Å². The molecule has 3 heterocycles. The molecule has 0 fully saturated rings. The summed E-state index contributed by atoms with van der Waals surface area (Å²) in [5, 5.41) is 13.2. The summed E-state index contributed by atoms with van der Waals surface area (Å²) in [4.78, 5) is 18.3. The van der Waals surface area contributed by atoms with E-state index in [-0.39, 0.29) is 5.56 Å². The third kappa shape index (κ3) is 1.46. The standard InChI is InChI=1S/C12H10N4O2/c1-7-4-10(8-2-3-13-5-8)16-11(15-7)9(6-14-16)12(17)18/h2-6,13H,1H3,(H,17,18). The second kappa shape index (κ2) is 3.69. The smallest absolute Gasteiger partial charge is 0.341 e. The molecule has 18 heavy (non-hydrogen) atoms. The fourth-order valence-electron chi connectivity index (χ4n) is 1.92. The van der Waals surface area contributed by atoms with Gasteiger partial charge in [-0.15, -0.1) is 0 Å². The molecule has 0 saturated heterocycles. The molecule has 0 aliphatic heterocycles. The van der Waals surface area contributed by atoms with Gasteiger partial charge in [0.05, 0.1) is 11.9 Å². The maximum Gasteiger partial charge on any atom is 0.341 e. The van der Waals surface area contributed by atoms with Crippen LogP contribution in [0.1, 0.15) is 16.1 Å². The van der Waals surface area contributed by atoms with Gasteiger partial charge < -0.3 is 10.1 Å². The Morgan fingerprint density at radius 1 is 1.50 bits per heavy atom. The van der Waals surface area contributed by atoms with Gasteiger partial charge in [0, 0.05) is 23.7 Å². The highest BCUT2D eigenvalue weighted by Crippen LogP contribution is 2.21. The Labute approximate surface area is 102 Å². The van der Waals surface area contributed by atoms with E-state index in [4.69, 9.17) is 5.11 Å². The van der Waals surface area contributed by atoms with Gasteiger partial charge >= 0.3 is 5.97 Å².